The van der Waals surface area contributed by atoms with E-state index in [9.17, 15) is 22.8 Å². The van der Waals surface area contributed by atoms with Gasteiger partial charge in [-0.15, -0.1) is 11.3 Å². The smallest absolute Gasteiger partial charge is 0.396 e. The van der Waals surface area contributed by atoms with E-state index in [1.54, 1.807) is 14.0 Å². The van der Waals surface area contributed by atoms with Crippen molar-refractivity contribution >= 4 is 21.6 Å². The normalized spacial score (nSPS) is 12.1. The number of aryl methyl sites for hydroxylation is 2. The van der Waals surface area contributed by atoms with Crippen molar-refractivity contribution in [3.63, 3.8) is 0 Å². The zero-order valence-electron chi connectivity index (χ0n) is 14.6. The van der Waals surface area contributed by atoms with Crippen LogP contribution in [-0.4, -0.2) is 20.8 Å². The third kappa shape index (κ3) is 3.32. The van der Waals surface area contributed by atoms with Crippen LogP contribution in [0.25, 0.3) is 20.7 Å². The van der Waals surface area contributed by atoms with Crippen molar-refractivity contribution in [1.29, 1.82) is 0 Å². The fraction of sp³-hybridized carbons (Fsp3) is 0.333. The van der Waals surface area contributed by atoms with Crippen LogP contribution in [0.4, 0.5) is 13.2 Å². The molecule has 0 aliphatic carbocycles. The number of thiophene rings is 1. The molecule has 9 heteroatoms. The number of fused-ring (bicyclic) bond motifs is 1. The number of benzene rings is 1. The molecule has 0 atom stereocenters. The van der Waals surface area contributed by atoms with Crippen LogP contribution in [0.5, 0.6) is 0 Å². The maximum Gasteiger partial charge on any atom is 0.416 e. The molecule has 0 saturated carbocycles. The molecule has 2 aromatic heterocycles. The van der Waals surface area contributed by atoms with Crippen molar-refractivity contribution in [1.82, 2.24) is 9.13 Å². The van der Waals surface area contributed by atoms with E-state index in [2.05, 4.69) is 0 Å². The molecule has 0 amide bonds. The first-order valence-electron chi connectivity index (χ1n) is 8.18. The van der Waals surface area contributed by atoms with Gasteiger partial charge in [-0.25, -0.2) is 4.79 Å². The van der Waals surface area contributed by atoms with Crippen molar-refractivity contribution in [3.8, 4) is 10.4 Å². The maximum atomic E-state index is 12.8. The van der Waals surface area contributed by atoms with E-state index in [0.717, 1.165) is 16.7 Å². The SMILES string of the molecule is Cc1c(-c2ccc(C(F)(F)F)cc2)sc2c1c(=O)n(CCCO)c(=O)n2C. The summed E-state index contributed by atoms with van der Waals surface area (Å²) in [5.41, 5.74) is -0.512. The third-order valence-corrected chi connectivity index (χ3v) is 5.84. The summed E-state index contributed by atoms with van der Waals surface area (Å²) in [6, 6.07) is 4.72. The minimum absolute atomic E-state index is 0.100. The minimum Gasteiger partial charge on any atom is -0.396 e. The molecule has 2 heterocycles. The average molecular weight is 398 g/mol. The van der Waals surface area contributed by atoms with Gasteiger partial charge in [0.1, 0.15) is 4.83 Å². The van der Waals surface area contributed by atoms with Gasteiger partial charge in [-0.05, 0) is 36.6 Å². The zero-order valence-corrected chi connectivity index (χ0v) is 15.4. The van der Waals surface area contributed by atoms with E-state index in [1.807, 2.05) is 0 Å². The largest absolute Gasteiger partial charge is 0.416 e. The summed E-state index contributed by atoms with van der Waals surface area (Å²) in [5, 5.41) is 9.35. The molecule has 0 fully saturated rings. The molecule has 144 valence electrons. The standard InChI is InChI=1S/C18H17F3N2O3S/c1-10-13-15(25)23(8-3-9-24)17(26)22(2)16(13)27-14(10)11-4-6-12(7-5-11)18(19,20)21/h4-7,24H,3,8-9H2,1-2H3. The fourth-order valence-electron chi connectivity index (χ4n) is 2.99. The highest BCUT2D eigenvalue weighted by molar-refractivity contribution is 7.22. The molecule has 0 spiro atoms. The van der Waals surface area contributed by atoms with E-state index in [0.29, 0.717) is 26.2 Å². The summed E-state index contributed by atoms with van der Waals surface area (Å²) in [7, 11) is 1.55. The molecule has 3 aromatic rings. The van der Waals surface area contributed by atoms with Crippen LogP contribution in [0, 0.1) is 6.92 Å². The fourth-order valence-corrected chi connectivity index (χ4v) is 4.25. The molecule has 0 aliphatic rings. The Labute approximate surface area is 155 Å². The van der Waals surface area contributed by atoms with E-state index >= 15 is 0 Å². The van der Waals surface area contributed by atoms with Gasteiger partial charge in [-0.2, -0.15) is 13.2 Å². The monoisotopic (exact) mass is 398 g/mol. The van der Waals surface area contributed by atoms with E-state index in [-0.39, 0.29) is 19.6 Å². The predicted molar refractivity (Wildman–Crippen MR) is 98.2 cm³/mol. The van der Waals surface area contributed by atoms with Gasteiger partial charge in [0.05, 0.1) is 10.9 Å². The summed E-state index contributed by atoms with van der Waals surface area (Å²) < 4.78 is 40.7. The summed E-state index contributed by atoms with van der Waals surface area (Å²) >= 11 is 1.20. The molecule has 5 nitrogen and oxygen atoms in total. The number of nitrogens with zero attached hydrogens (tertiary/aromatic N) is 2. The Kier molecular flexibility index (Phi) is 5.00. The molecule has 0 saturated heterocycles. The van der Waals surface area contributed by atoms with Crippen molar-refractivity contribution in [2.24, 2.45) is 7.05 Å². The Morgan fingerprint density at radius 3 is 2.33 bits per heavy atom. The van der Waals surface area contributed by atoms with Crippen molar-refractivity contribution in [2.75, 3.05) is 6.61 Å². The van der Waals surface area contributed by atoms with E-state index < -0.39 is 23.0 Å². The van der Waals surface area contributed by atoms with Crippen LogP contribution in [-0.2, 0) is 19.8 Å². The van der Waals surface area contributed by atoms with Gasteiger partial charge in [0.15, 0.2) is 0 Å². The third-order valence-electron chi connectivity index (χ3n) is 4.42. The Morgan fingerprint density at radius 2 is 1.78 bits per heavy atom. The van der Waals surface area contributed by atoms with Gasteiger partial charge >= 0.3 is 11.9 Å². The van der Waals surface area contributed by atoms with Crippen LogP contribution in [0.2, 0.25) is 0 Å². The second kappa shape index (κ2) is 6.97. The van der Waals surface area contributed by atoms with Crippen molar-refractivity contribution < 1.29 is 18.3 Å². The lowest BCUT2D eigenvalue weighted by molar-refractivity contribution is -0.137. The summed E-state index contributed by atoms with van der Waals surface area (Å²) in [6.45, 7) is 1.67. The van der Waals surface area contributed by atoms with Crippen molar-refractivity contribution in [3.05, 3.63) is 56.2 Å². The first-order chi connectivity index (χ1) is 12.7. The molecule has 0 radical (unpaired) electrons. The van der Waals surface area contributed by atoms with Crippen LogP contribution < -0.4 is 11.2 Å². The number of aliphatic hydroxyl groups excluding tert-OH is 1. The van der Waals surface area contributed by atoms with Crippen molar-refractivity contribution in [2.45, 2.75) is 26.1 Å². The second-order valence-corrected chi connectivity index (χ2v) is 7.19. The topological polar surface area (TPSA) is 64.2 Å². The second-order valence-electron chi connectivity index (χ2n) is 6.19. The molecule has 0 aliphatic heterocycles. The lowest BCUT2D eigenvalue weighted by atomic mass is 10.1. The Bertz CT molecular complexity index is 1110. The van der Waals surface area contributed by atoms with Crippen LogP contribution in [0.3, 0.4) is 0 Å². The molecule has 3 rings (SSSR count). The van der Waals surface area contributed by atoms with Crippen LogP contribution in [0.15, 0.2) is 33.9 Å². The van der Waals surface area contributed by atoms with Crippen LogP contribution in [0.1, 0.15) is 17.5 Å². The van der Waals surface area contributed by atoms with E-state index in [4.69, 9.17) is 5.11 Å². The van der Waals surface area contributed by atoms with Gasteiger partial charge in [0, 0.05) is 25.1 Å². The van der Waals surface area contributed by atoms with Gasteiger partial charge in [0.25, 0.3) is 5.56 Å². The molecule has 27 heavy (non-hydrogen) atoms. The Balaban J connectivity index is 2.21. The molecule has 1 N–H and O–H groups in total. The lowest BCUT2D eigenvalue weighted by Gasteiger charge is -2.07. The Hall–Kier alpha value is -2.39. The lowest BCUT2D eigenvalue weighted by Crippen LogP contribution is -2.39. The number of aliphatic hydroxyl groups is 1. The molecule has 0 unspecified atom stereocenters. The van der Waals surface area contributed by atoms with Gasteiger partial charge < -0.3 is 5.11 Å². The van der Waals surface area contributed by atoms with Gasteiger partial charge in [-0.1, -0.05) is 12.1 Å². The minimum atomic E-state index is -4.42. The van der Waals surface area contributed by atoms with Gasteiger partial charge in [0.2, 0.25) is 0 Å². The number of hydrogen-bond donors (Lipinski definition) is 1. The molecule has 0 bridgehead atoms. The number of hydrogen-bond acceptors (Lipinski definition) is 4. The molecular formula is C18H17F3N2O3S. The highest BCUT2D eigenvalue weighted by Gasteiger charge is 2.30. The maximum absolute atomic E-state index is 12.8. The molecule has 1 aromatic carbocycles. The number of halogens is 3. The number of alkyl halides is 3. The summed E-state index contributed by atoms with van der Waals surface area (Å²) in [5.74, 6) is 0. The quantitative estimate of drug-likeness (QED) is 0.734. The average Bonchev–Trinajstić information content (AvgIpc) is 2.97. The zero-order chi connectivity index (χ0) is 19.9. The summed E-state index contributed by atoms with van der Waals surface area (Å²) in [6.07, 6.45) is -4.15. The number of aromatic nitrogens is 2. The summed E-state index contributed by atoms with van der Waals surface area (Å²) in [4.78, 5) is 26.3. The Morgan fingerprint density at radius 1 is 1.15 bits per heavy atom. The van der Waals surface area contributed by atoms with Crippen LogP contribution >= 0.6 is 11.3 Å². The van der Waals surface area contributed by atoms with Gasteiger partial charge in [-0.3, -0.25) is 13.9 Å². The van der Waals surface area contributed by atoms with E-state index in [1.165, 1.54) is 28.0 Å². The first-order valence-corrected chi connectivity index (χ1v) is 9.00. The predicted octanol–water partition coefficient (Wildman–Crippen LogP) is 3.14. The highest BCUT2D eigenvalue weighted by atomic mass is 32.1. The highest BCUT2D eigenvalue weighted by Crippen LogP contribution is 2.37. The number of rotatable bonds is 4. The first kappa shape index (κ1) is 19.4. The molecular weight excluding hydrogens is 381 g/mol.